The van der Waals surface area contributed by atoms with Gasteiger partial charge >= 0.3 is 0 Å². The second kappa shape index (κ2) is 6.43. The van der Waals surface area contributed by atoms with Gasteiger partial charge < -0.3 is 0 Å². The fourth-order valence-electron chi connectivity index (χ4n) is 2.70. The number of hydrogen-bond donors (Lipinski definition) is 0. The van der Waals surface area contributed by atoms with Crippen LogP contribution in [0.3, 0.4) is 0 Å². The zero-order valence-electron chi connectivity index (χ0n) is 11.8. The summed E-state index contributed by atoms with van der Waals surface area (Å²) < 4.78 is 0. The van der Waals surface area contributed by atoms with Gasteiger partial charge in [0.2, 0.25) is 0 Å². The summed E-state index contributed by atoms with van der Waals surface area (Å²) in [5, 5.41) is 2.15. The van der Waals surface area contributed by atoms with Crippen LogP contribution in [-0.4, -0.2) is 45.9 Å². The van der Waals surface area contributed by atoms with Crippen molar-refractivity contribution < 1.29 is 0 Å². The SMILES string of the molecule is CN(Cc1ncccn1)[C@@H]1CCN(Cc2cccs2)C1. The van der Waals surface area contributed by atoms with Crippen LogP contribution in [0.2, 0.25) is 0 Å². The summed E-state index contributed by atoms with van der Waals surface area (Å²) in [6, 6.07) is 6.83. The van der Waals surface area contributed by atoms with Gasteiger partial charge in [-0.3, -0.25) is 9.80 Å². The molecule has 3 rings (SSSR count). The fraction of sp³-hybridized carbons (Fsp3) is 0.467. The lowest BCUT2D eigenvalue weighted by Gasteiger charge is -2.23. The maximum atomic E-state index is 4.31. The van der Waals surface area contributed by atoms with E-state index in [-0.39, 0.29) is 0 Å². The van der Waals surface area contributed by atoms with E-state index in [1.165, 1.54) is 17.8 Å². The Hall–Kier alpha value is -1.30. The van der Waals surface area contributed by atoms with E-state index in [0.29, 0.717) is 6.04 Å². The lowest BCUT2D eigenvalue weighted by atomic mass is 10.2. The van der Waals surface area contributed by atoms with Crippen molar-refractivity contribution in [2.45, 2.75) is 25.6 Å². The van der Waals surface area contributed by atoms with E-state index in [1.54, 1.807) is 0 Å². The minimum atomic E-state index is 0.610. The molecule has 0 unspecified atom stereocenters. The number of hydrogen-bond acceptors (Lipinski definition) is 5. The van der Waals surface area contributed by atoms with Gasteiger partial charge in [0, 0.05) is 42.9 Å². The molecule has 0 N–H and O–H groups in total. The van der Waals surface area contributed by atoms with Crippen LogP contribution in [0.15, 0.2) is 36.0 Å². The van der Waals surface area contributed by atoms with Crippen LogP contribution in [-0.2, 0) is 13.1 Å². The molecule has 20 heavy (non-hydrogen) atoms. The van der Waals surface area contributed by atoms with Gasteiger partial charge in [0.15, 0.2) is 0 Å². The first kappa shape index (κ1) is 13.7. The Morgan fingerprint density at radius 1 is 1.35 bits per heavy atom. The van der Waals surface area contributed by atoms with Gasteiger partial charge in [-0.05, 0) is 31.0 Å². The Balaban J connectivity index is 1.51. The Kier molecular flexibility index (Phi) is 4.40. The van der Waals surface area contributed by atoms with Gasteiger partial charge in [0.1, 0.15) is 5.82 Å². The minimum Gasteiger partial charge on any atom is -0.297 e. The van der Waals surface area contributed by atoms with E-state index >= 15 is 0 Å². The quantitative estimate of drug-likeness (QED) is 0.844. The molecule has 4 nitrogen and oxygen atoms in total. The van der Waals surface area contributed by atoms with Crippen LogP contribution in [0.25, 0.3) is 0 Å². The molecule has 0 spiro atoms. The van der Waals surface area contributed by atoms with Gasteiger partial charge in [-0.2, -0.15) is 0 Å². The molecule has 1 aliphatic heterocycles. The average molecular weight is 288 g/mol. The molecule has 0 radical (unpaired) electrons. The average Bonchev–Trinajstić information content (AvgIpc) is 3.12. The molecular formula is C15H20N4S. The highest BCUT2D eigenvalue weighted by Crippen LogP contribution is 2.20. The molecule has 2 aromatic rings. The van der Waals surface area contributed by atoms with E-state index in [1.807, 2.05) is 29.8 Å². The summed E-state index contributed by atoms with van der Waals surface area (Å²) >= 11 is 1.85. The van der Waals surface area contributed by atoms with Crippen molar-refractivity contribution in [3.8, 4) is 0 Å². The van der Waals surface area contributed by atoms with E-state index in [2.05, 4.69) is 44.3 Å². The zero-order valence-corrected chi connectivity index (χ0v) is 12.6. The standard InChI is InChI=1S/C15H20N4S/c1-18(12-15-16-6-3-7-17-15)13-5-8-19(10-13)11-14-4-2-9-20-14/h2-4,6-7,9,13H,5,8,10-12H2,1H3/t13-/m1/s1. The molecule has 0 bridgehead atoms. The van der Waals surface area contributed by atoms with Crippen LogP contribution in [0.4, 0.5) is 0 Å². The van der Waals surface area contributed by atoms with Gasteiger partial charge in [-0.15, -0.1) is 11.3 Å². The molecule has 2 aromatic heterocycles. The van der Waals surface area contributed by atoms with Crippen molar-refractivity contribution in [1.82, 2.24) is 19.8 Å². The first-order chi connectivity index (χ1) is 9.81. The number of rotatable bonds is 5. The monoisotopic (exact) mass is 288 g/mol. The smallest absolute Gasteiger partial charge is 0.142 e. The summed E-state index contributed by atoms with van der Waals surface area (Å²) in [5.74, 6) is 0.909. The summed E-state index contributed by atoms with van der Waals surface area (Å²) in [6.07, 6.45) is 4.86. The van der Waals surface area contributed by atoms with Crippen LogP contribution in [0.5, 0.6) is 0 Å². The topological polar surface area (TPSA) is 32.3 Å². The van der Waals surface area contributed by atoms with E-state index in [0.717, 1.165) is 25.5 Å². The number of aromatic nitrogens is 2. The van der Waals surface area contributed by atoms with E-state index in [9.17, 15) is 0 Å². The zero-order chi connectivity index (χ0) is 13.8. The molecule has 0 amide bonds. The van der Waals surface area contributed by atoms with Crippen molar-refractivity contribution in [3.63, 3.8) is 0 Å². The van der Waals surface area contributed by atoms with Crippen LogP contribution >= 0.6 is 11.3 Å². The molecule has 1 aliphatic rings. The van der Waals surface area contributed by atoms with Crippen molar-refractivity contribution in [2.24, 2.45) is 0 Å². The lowest BCUT2D eigenvalue weighted by Crippen LogP contribution is -2.34. The Bertz CT molecular complexity index is 514. The van der Waals surface area contributed by atoms with Crippen molar-refractivity contribution in [2.75, 3.05) is 20.1 Å². The molecular weight excluding hydrogens is 268 g/mol. The van der Waals surface area contributed by atoms with Crippen molar-refractivity contribution >= 4 is 11.3 Å². The van der Waals surface area contributed by atoms with E-state index < -0.39 is 0 Å². The first-order valence-electron chi connectivity index (χ1n) is 7.02. The summed E-state index contributed by atoms with van der Waals surface area (Å²) in [5.41, 5.74) is 0. The number of thiophene rings is 1. The van der Waals surface area contributed by atoms with Crippen LogP contribution < -0.4 is 0 Å². The van der Waals surface area contributed by atoms with Crippen molar-refractivity contribution in [3.05, 3.63) is 46.7 Å². The number of nitrogens with zero attached hydrogens (tertiary/aromatic N) is 4. The fourth-order valence-corrected chi connectivity index (χ4v) is 3.45. The van der Waals surface area contributed by atoms with Gasteiger partial charge in [0.25, 0.3) is 0 Å². The summed E-state index contributed by atoms with van der Waals surface area (Å²) in [7, 11) is 2.18. The Labute approximate surface area is 124 Å². The third kappa shape index (κ3) is 3.42. The lowest BCUT2D eigenvalue weighted by molar-refractivity contribution is 0.219. The molecule has 1 saturated heterocycles. The second-order valence-electron chi connectivity index (χ2n) is 5.34. The first-order valence-corrected chi connectivity index (χ1v) is 7.90. The molecule has 0 saturated carbocycles. The molecule has 106 valence electrons. The molecule has 1 atom stereocenters. The maximum Gasteiger partial charge on any atom is 0.142 e. The molecule has 5 heteroatoms. The highest BCUT2D eigenvalue weighted by Gasteiger charge is 2.26. The van der Waals surface area contributed by atoms with E-state index in [4.69, 9.17) is 0 Å². The largest absolute Gasteiger partial charge is 0.297 e. The van der Waals surface area contributed by atoms with Crippen LogP contribution in [0.1, 0.15) is 17.1 Å². The van der Waals surface area contributed by atoms with Crippen molar-refractivity contribution in [1.29, 1.82) is 0 Å². The predicted octanol–water partition coefficient (Wildman–Crippen LogP) is 2.24. The summed E-state index contributed by atoms with van der Waals surface area (Å²) in [6.45, 7) is 4.24. The third-order valence-electron chi connectivity index (χ3n) is 3.84. The minimum absolute atomic E-state index is 0.610. The predicted molar refractivity (Wildman–Crippen MR) is 81.5 cm³/mol. The number of likely N-dealkylation sites (N-methyl/N-ethyl adjacent to an activating group) is 1. The maximum absolute atomic E-state index is 4.31. The number of likely N-dealkylation sites (tertiary alicyclic amines) is 1. The molecule has 0 aliphatic carbocycles. The molecule has 3 heterocycles. The highest BCUT2D eigenvalue weighted by atomic mass is 32.1. The molecule has 0 aromatic carbocycles. The third-order valence-corrected chi connectivity index (χ3v) is 4.70. The Morgan fingerprint density at radius 3 is 2.95 bits per heavy atom. The van der Waals surface area contributed by atoms with Gasteiger partial charge in [-0.1, -0.05) is 6.07 Å². The molecule has 1 fully saturated rings. The second-order valence-corrected chi connectivity index (χ2v) is 6.37. The Morgan fingerprint density at radius 2 is 2.20 bits per heavy atom. The summed E-state index contributed by atoms with van der Waals surface area (Å²) in [4.78, 5) is 15.0. The van der Waals surface area contributed by atoms with Crippen LogP contribution in [0, 0.1) is 0 Å². The highest BCUT2D eigenvalue weighted by molar-refractivity contribution is 7.09. The van der Waals surface area contributed by atoms with Gasteiger partial charge in [0.05, 0.1) is 6.54 Å². The van der Waals surface area contributed by atoms with Gasteiger partial charge in [-0.25, -0.2) is 9.97 Å². The normalized spacial score (nSPS) is 19.8.